The summed E-state index contributed by atoms with van der Waals surface area (Å²) in [4.78, 5) is 23.9. The number of aromatic nitrogens is 2. The molecule has 0 unspecified atom stereocenters. The van der Waals surface area contributed by atoms with E-state index in [1.54, 1.807) is 49.8 Å². The van der Waals surface area contributed by atoms with Crippen LogP contribution < -0.4 is 5.32 Å². The highest BCUT2D eigenvalue weighted by Crippen LogP contribution is 2.18. The third kappa shape index (κ3) is 6.26. The van der Waals surface area contributed by atoms with Gasteiger partial charge in [-0.2, -0.15) is 9.40 Å². The topological polar surface area (TPSA) is 111 Å². The van der Waals surface area contributed by atoms with Gasteiger partial charge < -0.3 is 10.1 Å². The summed E-state index contributed by atoms with van der Waals surface area (Å²) in [5, 5.41) is 7.82. The van der Waals surface area contributed by atoms with Gasteiger partial charge in [0.05, 0.1) is 17.1 Å². The average molecular weight is 420 g/mol. The van der Waals surface area contributed by atoms with Gasteiger partial charge in [0.15, 0.2) is 6.61 Å². The van der Waals surface area contributed by atoms with E-state index in [4.69, 9.17) is 4.74 Å². The van der Waals surface area contributed by atoms with Crippen LogP contribution in [0.1, 0.15) is 17.0 Å². The number of carbonyl (C=O) groups is 2. The third-order valence-electron chi connectivity index (χ3n) is 4.16. The molecule has 2 rings (SSSR count). The number of rotatable bonds is 8. The molecule has 1 amide bonds. The van der Waals surface area contributed by atoms with E-state index in [1.807, 2.05) is 6.07 Å². The van der Waals surface area contributed by atoms with Gasteiger partial charge in [-0.15, -0.1) is 0 Å². The zero-order valence-electron chi connectivity index (χ0n) is 16.7. The first kappa shape index (κ1) is 22.3. The predicted molar refractivity (Wildman–Crippen MR) is 109 cm³/mol. The lowest BCUT2D eigenvalue weighted by Gasteiger charge is -2.14. The number of hydrogen-bond acceptors (Lipinski definition) is 6. The summed E-state index contributed by atoms with van der Waals surface area (Å²) in [7, 11) is -0.800. The minimum absolute atomic E-state index is 0.514. The number of likely N-dealkylation sites (N-methyl/N-ethyl adjacent to an activating group) is 1. The Hall–Kier alpha value is -2.98. The number of benzene rings is 1. The Kier molecular flexibility index (Phi) is 7.29. The lowest BCUT2D eigenvalue weighted by atomic mass is 10.2. The van der Waals surface area contributed by atoms with Crippen LogP contribution in [0.2, 0.25) is 0 Å². The second-order valence-corrected chi connectivity index (χ2v) is 8.32. The maximum absolute atomic E-state index is 12.2. The molecule has 29 heavy (non-hydrogen) atoms. The Morgan fingerprint density at radius 1 is 1.24 bits per heavy atom. The quantitative estimate of drug-likeness (QED) is 0.647. The largest absolute Gasteiger partial charge is 0.455 e. The fourth-order valence-corrected chi connectivity index (χ4v) is 3.25. The molecule has 0 spiro atoms. The molecule has 0 saturated carbocycles. The summed E-state index contributed by atoms with van der Waals surface area (Å²) in [6, 6.07) is 8.90. The summed E-state index contributed by atoms with van der Waals surface area (Å²) >= 11 is 0. The fourth-order valence-electron chi connectivity index (χ4n) is 2.43. The highest BCUT2D eigenvalue weighted by Gasteiger charge is 2.20. The minimum Gasteiger partial charge on any atom is -0.455 e. The van der Waals surface area contributed by atoms with E-state index >= 15 is 0 Å². The average Bonchev–Trinajstić information content (AvgIpc) is 2.91. The summed E-state index contributed by atoms with van der Waals surface area (Å²) in [5.74, 6) is -1.37. The molecule has 1 aromatic heterocycles. The van der Waals surface area contributed by atoms with Crippen LogP contribution in [-0.2, 0) is 31.4 Å². The molecule has 9 nitrogen and oxygen atoms in total. The maximum atomic E-state index is 12.2. The summed E-state index contributed by atoms with van der Waals surface area (Å²) in [5.41, 5.74) is 2.67. The Morgan fingerprint density at radius 3 is 2.48 bits per heavy atom. The van der Waals surface area contributed by atoms with Gasteiger partial charge in [-0.05, 0) is 25.5 Å². The van der Waals surface area contributed by atoms with Crippen molar-refractivity contribution in [2.45, 2.75) is 13.8 Å². The van der Waals surface area contributed by atoms with Gasteiger partial charge in [-0.1, -0.05) is 30.3 Å². The van der Waals surface area contributed by atoms with Crippen molar-refractivity contribution in [1.82, 2.24) is 14.1 Å². The van der Waals surface area contributed by atoms with Crippen molar-refractivity contribution in [3.05, 3.63) is 52.7 Å². The van der Waals surface area contributed by atoms with Gasteiger partial charge in [0.1, 0.15) is 6.54 Å². The lowest BCUT2D eigenvalue weighted by molar-refractivity contribution is -0.147. The van der Waals surface area contributed by atoms with Crippen molar-refractivity contribution in [3.63, 3.8) is 0 Å². The molecule has 1 heterocycles. The third-order valence-corrected chi connectivity index (χ3v) is 5.63. The van der Waals surface area contributed by atoms with Crippen molar-refractivity contribution in [2.75, 3.05) is 25.5 Å². The SMILES string of the molecule is Cc1nn(C)c(C)c1NC(=O)COC(=O)CN(C)S(=O)(=O)/C=C/c1ccccc1. The minimum atomic E-state index is -3.81. The van der Waals surface area contributed by atoms with Crippen molar-refractivity contribution in [3.8, 4) is 0 Å². The number of sulfonamides is 1. The number of amides is 1. The van der Waals surface area contributed by atoms with E-state index in [2.05, 4.69) is 10.4 Å². The van der Waals surface area contributed by atoms with Crippen LogP contribution in [-0.4, -0.2) is 54.6 Å². The molecule has 0 aliphatic carbocycles. The molecule has 156 valence electrons. The van der Waals surface area contributed by atoms with Crippen molar-refractivity contribution in [2.24, 2.45) is 7.05 Å². The molecule has 0 bridgehead atoms. The molecule has 0 aliphatic rings. The standard InChI is InChI=1S/C19H24N4O5S/c1-14-19(15(2)23(4)21-14)20-17(24)13-28-18(25)12-22(3)29(26,27)11-10-16-8-6-5-7-9-16/h5-11H,12-13H2,1-4H3,(H,20,24)/b11-10+. The van der Waals surface area contributed by atoms with Gasteiger partial charge in [0.2, 0.25) is 10.0 Å². The molecule has 0 fully saturated rings. The number of aryl methyl sites for hydroxylation is 2. The van der Waals surface area contributed by atoms with E-state index in [0.717, 1.165) is 15.4 Å². The van der Waals surface area contributed by atoms with E-state index in [9.17, 15) is 18.0 Å². The van der Waals surface area contributed by atoms with Crippen molar-refractivity contribution >= 4 is 33.7 Å². The molecule has 0 radical (unpaired) electrons. The normalized spacial score (nSPS) is 11.8. The van der Waals surface area contributed by atoms with Crippen LogP contribution in [0.3, 0.4) is 0 Å². The number of hydrogen-bond donors (Lipinski definition) is 1. The zero-order chi connectivity index (χ0) is 21.6. The molecule has 0 saturated heterocycles. The van der Waals surface area contributed by atoms with Gasteiger partial charge in [0.25, 0.3) is 5.91 Å². The molecular formula is C19H24N4O5S. The Morgan fingerprint density at radius 2 is 1.90 bits per heavy atom. The van der Waals surface area contributed by atoms with Gasteiger partial charge in [0, 0.05) is 19.5 Å². The second kappa shape index (κ2) is 9.48. The number of nitrogens with zero attached hydrogens (tertiary/aromatic N) is 3. The number of esters is 1. The van der Waals surface area contributed by atoms with Gasteiger partial charge in [-0.25, -0.2) is 8.42 Å². The van der Waals surface area contributed by atoms with Gasteiger partial charge >= 0.3 is 5.97 Å². The van der Waals surface area contributed by atoms with Crippen LogP contribution in [0.5, 0.6) is 0 Å². The molecular weight excluding hydrogens is 396 g/mol. The highest BCUT2D eigenvalue weighted by atomic mass is 32.2. The number of anilines is 1. The highest BCUT2D eigenvalue weighted by molar-refractivity contribution is 7.92. The first-order valence-electron chi connectivity index (χ1n) is 8.75. The van der Waals surface area contributed by atoms with Crippen LogP contribution in [0.15, 0.2) is 35.7 Å². The monoisotopic (exact) mass is 420 g/mol. The molecule has 0 aliphatic heterocycles. The van der Waals surface area contributed by atoms with Crippen molar-refractivity contribution < 1.29 is 22.7 Å². The lowest BCUT2D eigenvalue weighted by Crippen LogP contribution is -2.33. The van der Waals surface area contributed by atoms with Crippen molar-refractivity contribution in [1.29, 1.82) is 0 Å². The van der Waals surface area contributed by atoms with E-state index in [-0.39, 0.29) is 0 Å². The molecule has 0 atom stereocenters. The summed E-state index contributed by atoms with van der Waals surface area (Å²) in [6.07, 6.45) is 1.43. The maximum Gasteiger partial charge on any atom is 0.321 e. The number of carbonyl (C=O) groups excluding carboxylic acids is 2. The smallest absolute Gasteiger partial charge is 0.321 e. The van der Waals surface area contributed by atoms with E-state index < -0.39 is 35.1 Å². The molecule has 10 heteroatoms. The number of nitrogens with one attached hydrogen (secondary N) is 1. The first-order valence-corrected chi connectivity index (χ1v) is 10.3. The molecule has 1 aromatic carbocycles. The van der Waals surface area contributed by atoms with Crippen LogP contribution >= 0.6 is 0 Å². The van der Waals surface area contributed by atoms with Crippen LogP contribution in [0.25, 0.3) is 6.08 Å². The van der Waals surface area contributed by atoms with E-state index in [0.29, 0.717) is 16.9 Å². The fraction of sp³-hybridized carbons (Fsp3) is 0.316. The first-order chi connectivity index (χ1) is 13.6. The zero-order valence-corrected chi connectivity index (χ0v) is 17.6. The molecule has 2 aromatic rings. The van der Waals surface area contributed by atoms with Gasteiger partial charge in [-0.3, -0.25) is 14.3 Å². The van der Waals surface area contributed by atoms with Crippen LogP contribution in [0, 0.1) is 13.8 Å². The Labute approximate surface area is 170 Å². The Balaban J connectivity index is 1.86. The van der Waals surface area contributed by atoms with E-state index in [1.165, 1.54) is 13.1 Å². The predicted octanol–water partition coefficient (Wildman–Crippen LogP) is 1.45. The second-order valence-electron chi connectivity index (χ2n) is 6.39. The molecule has 1 N–H and O–H groups in total. The summed E-state index contributed by atoms with van der Waals surface area (Å²) < 4.78 is 31.8. The summed E-state index contributed by atoms with van der Waals surface area (Å²) in [6.45, 7) is 2.50. The number of ether oxygens (including phenoxy) is 1. The Bertz CT molecular complexity index is 1010. The van der Waals surface area contributed by atoms with Crippen LogP contribution in [0.4, 0.5) is 5.69 Å².